The van der Waals surface area contributed by atoms with Gasteiger partial charge in [-0.25, -0.2) is 0 Å². The number of benzene rings is 2. The predicted octanol–water partition coefficient (Wildman–Crippen LogP) is 4.63. The molecule has 1 N–H and O–H groups in total. The van der Waals surface area contributed by atoms with Crippen molar-refractivity contribution in [2.75, 3.05) is 23.5 Å². The summed E-state index contributed by atoms with van der Waals surface area (Å²) >= 11 is 7.51. The molecule has 0 atom stereocenters. The molecule has 2 rings (SSSR count). The molecule has 0 saturated heterocycles. The van der Waals surface area contributed by atoms with Crippen LogP contribution in [0.15, 0.2) is 54.6 Å². The molecule has 2 aromatic rings. The summed E-state index contributed by atoms with van der Waals surface area (Å²) in [6.07, 6.45) is 3.25. The van der Waals surface area contributed by atoms with E-state index in [1.165, 1.54) is 11.1 Å². The Labute approximate surface area is 149 Å². The Bertz CT molecular complexity index is 597. The first-order valence-electron chi connectivity index (χ1n) is 7.85. The molecule has 0 unspecified atom stereocenters. The second-order valence-corrected chi connectivity index (χ2v) is 6.86. The van der Waals surface area contributed by atoms with Crippen molar-refractivity contribution in [2.24, 2.45) is 0 Å². The minimum absolute atomic E-state index is 0.776. The minimum Gasteiger partial charge on any atom is -0.362 e. The third-order valence-corrected chi connectivity index (χ3v) is 4.64. The van der Waals surface area contributed by atoms with Crippen LogP contribution in [-0.4, -0.2) is 23.7 Å². The van der Waals surface area contributed by atoms with Crippen molar-refractivity contribution in [3.05, 3.63) is 65.7 Å². The molecule has 0 aliphatic heterocycles. The fourth-order valence-electron chi connectivity index (χ4n) is 2.28. The van der Waals surface area contributed by atoms with Crippen LogP contribution in [0.25, 0.3) is 0 Å². The third-order valence-electron chi connectivity index (χ3n) is 3.58. The second kappa shape index (κ2) is 9.58. The average molecular weight is 345 g/mol. The zero-order valence-electron chi connectivity index (χ0n) is 13.8. The summed E-state index contributed by atoms with van der Waals surface area (Å²) in [5, 5.41) is 4.19. The summed E-state index contributed by atoms with van der Waals surface area (Å²) in [5.74, 6) is 1.15. The van der Waals surface area contributed by atoms with Gasteiger partial charge in [0.25, 0.3) is 0 Å². The molecular weight excluding hydrogens is 320 g/mol. The van der Waals surface area contributed by atoms with Crippen LogP contribution in [0.2, 0.25) is 0 Å². The van der Waals surface area contributed by atoms with Gasteiger partial charge in [-0.3, -0.25) is 0 Å². The Kier molecular flexibility index (Phi) is 7.43. The Morgan fingerprint density at radius 1 is 1.09 bits per heavy atom. The SMILES string of the molecule is CSCCCNC(=S)N(Cc1ccccc1)c1ccc(C)cc1. The van der Waals surface area contributed by atoms with Gasteiger partial charge in [0, 0.05) is 12.2 Å². The Morgan fingerprint density at radius 3 is 2.43 bits per heavy atom. The summed E-state index contributed by atoms with van der Waals surface area (Å²) in [6.45, 7) is 3.79. The summed E-state index contributed by atoms with van der Waals surface area (Å²) in [6, 6.07) is 19.0. The van der Waals surface area contributed by atoms with Crippen molar-refractivity contribution in [3.8, 4) is 0 Å². The van der Waals surface area contributed by atoms with E-state index in [9.17, 15) is 0 Å². The third kappa shape index (κ3) is 5.88. The van der Waals surface area contributed by atoms with Gasteiger partial charge >= 0.3 is 0 Å². The lowest BCUT2D eigenvalue weighted by Crippen LogP contribution is -2.40. The van der Waals surface area contributed by atoms with Gasteiger partial charge in [-0.1, -0.05) is 48.0 Å². The van der Waals surface area contributed by atoms with Crippen LogP contribution in [0, 0.1) is 6.92 Å². The standard InChI is InChI=1S/C19H24N2S2/c1-16-9-11-18(12-10-16)21(15-17-7-4-3-5-8-17)19(22)20-13-6-14-23-2/h3-5,7-12H,6,13-15H2,1-2H3,(H,20,22). The Hall–Kier alpha value is -1.52. The van der Waals surface area contributed by atoms with Crippen LogP contribution in [0.1, 0.15) is 17.5 Å². The molecule has 0 bridgehead atoms. The van der Waals surface area contributed by atoms with E-state index in [-0.39, 0.29) is 0 Å². The number of anilines is 1. The fourth-order valence-corrected chi connectivity index (χ4v) is 2.98. The van der Waals surface area contributed by atoms with Gasteiger partial charge in [0.05, 0.1) is 6.54 Å². The first-order valence-corrected chi connectivity index (χ1v) is 9.66. The van der Waals surface area contributed by atoms with Crippen molar-refractivity contribution in [2.45, 2.75) is 19.9 Å². The molecule has 0 aliphatic carbocycles. The monoisotopic (exact) mass is 344 g/mol. The molecule has 23 heavy (non-hydrogen) atoms. The first-order chi connectivity index (χ1) is 11.2. The lowest BCUT2D eigenvalue weighted by atomic mass is 10.2. The van der Waals surface area contributed by atoms with Crippen LogP contribution in [0.3, 0.4) is 0 Å². The lowest BCUT2D eigenvalue weighted by molar-refractivity contribution is 0.831. The average Bonchev–Trinajstić information content (AvgIpc) is 2.58. The number of aryl methyl sites for hydroxylation is 1. The molecule has 4 heteroatoms. The molecule has 122 valence electrons. The van der Waals surface area contributed by atoms with E-state index in [1.807, 2.05) is 17.8 Å². The maximum Gasteiger partial charge on any atom is 0.173 e. The quantitative estimate of drug-likeness (QED) is 0.581. The zero-order valence-corrected chi connectivity index (χ0v) is 15.4. The van der Waals surface area contributed by atoms with E-state index in [4.69, 9.17) is 12.2 Å². The fraction of sp³-hybridized carbons (Fsp3) is 0.316. The number of nitrogens with zero attached hydrogens (tertiary/aromatic N) is 1. The summed E-state index contributed by atoms with van der Waals surface area (Å²) in [4.78, 5) is 2.17. The van der Waals surface area contributed by atoms with E-state index in [0.29, 0.717) is 0 Å². The highest BCUT2D eigenvalue weighted by molar-refractivity contribution is 7.98. The second-order valence-electron chi connectivity index (χ2n) is 5.49. The summed E-state index contributed by atoms with van der Waals surface area (Å²) < 4.78 is 0. The van der Waals surface area contributed by atoms with Gasteiger partial charge in [0.2, 0.25) is 0 Å². The first kappa shape index (κ1) is 17.8. The van der Waals surface area contributed by atoms with Gasteiger partial charge in [-0.15, -0.1) is 0 Å². The Morgan fingerprint density at radius 2 is 1.78 bits per heavy atom. The van der Waals surface area contributed by atoms with Crippen molar-refractivity contribution >= 4 is 34.8 Å². The molecule has 0 radical (unpaired) electrons. The highest BCUT2D eigenvalue weighted by Crippen LogP contribution is 2.18. The highest BCUT2D eigenvalue weighted by Gasteiger charge is 2.12. The lowest BCUT2D eigenvalue weighted by Gasteiger charge is -2.26. The number of thiocarbonyl (C=S) groups is 1. The van der Waals surface area contributed by atoms with E-state index in [2.05, 4.69) is 71.9 Å². The van der Waals surface area contributed by atoms with Crippen molar-refractivity contribution < 1.29 is 0 Å². The van der Waals surface area contributed by atoms with E-state index >= 15 is 0 Å². The molecule has 0 saturated carbocycles. The number of rotatable bonds is 7. The molecule has 2 nitrogen and oxygen atoms in total. The van der Waals surface area contributed by atoms with E-state index in [1.54, 1.807) is 0 Å². The zero-order chi connectivity index (χ0) is 16.5. The van der Waals surface area contributed by atoms with Crippen molar-refractivity contribution in [3.63, 3.8) is 0 Å². The Balaban J connectivity index is 2.10. The molecule has 0 fully saturated rings. The largest absolute Gasteiger partial charge is 0.362 e. The molecule has 0 aromatic heterocycles. The number of nitrogens with one attached hydrogen (secondary N) is 1. The maximum atomic E-state index is 5.65. The van der Waals surface area contributed by atoms with Gasteiger partial charge in [-0.05, 0) is 55.3 Å². The minimum atomic E-state index is 0.776. The summed E-state index contributed by atoms with van der Waals surface area (Å²) in [7, 11) is 0. The molecule has 0 heterocycles. The van der Waals surface area contributed by atoms with Crippen LogP contribution in [-0.2, 0) is 6.54 Å². The molecule has 2 aromatic carbocycles. The van der Waals surface area contributed by atoms with Crippen LogP contribution in [0.5, 0.6) is 0 Å². The van der Waals surface area contributed by atoms with Crippen molar-refractivity contribution in [1.82, 2.24) is 5.32 Å². The molecule has 0 spiro atoms. The van der Waals surface area contributed by atoms with Gasteiger partial charge < -0.3 is 10.2 Å². The van der Waals surface area contributed by atoms with Gasteiger partial charge in [0.1, 0.15) is 0 Å². The van der Waals surface area contributed by atoms with Crippen molar-refractivity contribution in [1.29, 1.82) is 0 Å². The number of hydrogen-bond acceptors (Lipinski definition) is 2. The topological polar surface area (TPSA) is 15.3 Å². The molecular formula is C19H24N2S2. The normalized spacial score (nSPS) is 10.3. The van der Waals surface area contributed by atoms with Crippen LogP contribution < -0.4 is 10.2 Å². The van der Waals surface area contributed by atoms with Crippen LogP contribution in [0.4, 0.5) is 5.69 Å². The van der Waals surface area contributed by atoms with E-state index in [0.717, 1.165) is 36.1 Å². The highest BCUT2D eigenvalue weighted by atomic mass is 32.2. The molecule has 0 amide bonds. The van der Waals surface area contributed by atoms with E-state index < -0.39 is 0 Å². The number of hydrogen-bond donors (Lipinski definition) is 1. The van der Waals surface area contributed by atoms with Crippen LogP contribution >= 0.6 is 24.0 Å². The number of thioether (sulfide) groups is 1. The van der Waals surface area contributed by atoms with Gasteiger partial charge in [-0.2, -0.15) is 11.8 Å². The molecule has 0 aliphatic rings. The summed E-state index contributed by atoms with van der Waals surface area (Å²) in [5.41, 5.74) is 3.63. The maximum absolute atomic E-state index is 5.65. The predicted molar refractivity (Wildman–Crippen MR) is 107 cm³/mol. The van der Waals surface area contributed by atoms with Gasteiger partial charge in [0.15, 0.2) is 5.11 Å². The smallest absolute Gasteiger partial charge is 0.173 e.